The number of ether oxygens (including phenoxy) is 2. The van der Waals surface area contributed by atoms with Gasteiger partial charge in [0.05, 0.1) is 16.2 Å². The summed E-state index contributed by atoms with van der Waals surface area (Å²) in [5.74, 6) is 0.823. The van der Waals surface area contributed by atoms with Crippen LogP contribution in [0.2, 0.25) is 0 Å². The second-order valence-corrected chi connectivity index (χ2v) is 8.70. The molecule has 0 saturated carbocycles. The normalized spacial score (nSPS) is 18.9. The molecule has 1 fully saturated rings. The highest BCUT2D eigenvalue weighted by Gasteiger charge is 2.35. The molecular formula is C18H17BrN2O4S. The Hall–Kier alpha value is -2.06. The number of amides is 2. The lowest BCUT2D eigenvalue weighted by Gasteiger charge is -2.22. The lowest BCUT2D eigenvalue weighted by atomic mass is 10.1. The molecule has 8 heteroatoms. The molecule has 26 heavy (non-hydrogen) atoms. The summed E-state index contributed by atoms with van der Waals surface area (Å²) in [7, 11) is 0. The molecule has 0 radical (unpaired) electrons. The average molecular weight is 437 g/mol. The third-order valence-electron chi connectivity index (χ3n) is 4.40. The van der Waals surface area contributed by atoms with Crippen LogP contribution >= 0.6 is 27.3 Å². The predicted octanol–water partition coefficient (Wildman–Crippen LogP) is 2.95. The van der Waals surface area contributed by atoms with Gasteiger partial charge in [0, 0.05) is 29.6 Å². The van der Waals surface area contributed by atoms with E-state index in [0.717, 1.165) is 14.4 Å². The Morgan fingerprint density at radius 2 is 2.04 bits per heavy atom. The highest BCUT2D eigenvalue weighted by molar-refractivity contribution is 9.11. The molecular weight excluding hydrogens is 420 g/mol. The molecule has 3 heterocycles. The Kier molecular flexibility index (Phi) is 4.86. The zero-order chi connectivity index (χ0) is 18.1. The first-order valence-electron chi connectivity index (χ1n) is 8.32. The molecule has 1 atom stereocenters. The maximum atomic E-state index is 12.4. The summed E-state index contributed by atoms with van der Waals surface area (Å²) in [6.45, 7) is 1.87. The van der Waals surface area contributed by atoms with Crippen LogP contribution < -0.4 is 19.7 Å². The Bertz CT molecular complexity index is 853. The SMILES string of the molecule is O=C(NCc1ccc(Br)s1)C1CC(=O)N(c2ccc3c(c2)OCCO3)C1. The summed E-state index contributed by atoms with van der Waals surface area (Å²) in [5.41, 5.74) is 0.733. The number of anilines is 1. The minimum absolute atomic E-state index is 0.0549. The molecule has 1 aromatic heterocycles. The summed E-state index contributed by atoms with van der Waals surface area (Å²) < 4.78 is 12.1. The quantitative estimate of drug-likeness (QED) is 0.799. The molecule has 0 spiro atoms. The van der Waals surface area contributed by atoms with E-state index in [4.69, 9.17) is 9.47 Å². The molecule has 2 aliphatic heterocycles. The van der Waals surface area contributed by atoms with Gasteiger partial charge in [0.2, 0.25) is 11.8 Å². The van der Waals surface area contributed by atoms with Crippen molar-refractivity contribution in [1.29, 1.82) is 0 Å². The molecule has 6 nitrogen and oxygen atoms in total. The number of rotatable bonds is 4. The molecule has 0 bridgehead atoms. The minimum atomic E-state index is -0.348. The average Bonchev–Trinajstić information content (AvgIpc) is 3.25. The standard InChI is InChI=1S/C18H17BrN2O4S/c19-16-4-2-13(26-16)9-20-18(23)11-7-17(22)21(10-11)12-1-3-14-15(8-12)25-6-5-24-14/h1-4,8,11H,5-7,9-10H2,(H,20,23). The van der Waals surface area contributed by atoms with Crippen LogP contribution in [0.3, 0.4) is 0 Å². The first-order chi connectivity index (χ1) is 12.6. The monoisotopic (exact) mass is 436 g/mol. The van der Waals surface area contributed by atoms with E-state index in [2.05, 4.69) is 21.2 Å². The Morgan fingerprint density at radius 3 is 2.81 bits per heavy atom. The van der Waals surface area contributed by atoms with Crippen LogP contribution in [0.4, 0.5) is 5.69 Å². The van der Waals surface area contributed by atoms with Crippen molar-refractivity contribution in [1.82, 2.24) is 5.32 Å². The van der Waals surface area contributed by atoms with Gasteiger partial charge in [-0.15, -0.1) is 11.3 Å². The van der Waals surface area contributed by atoms with E-state index >= 15 is 0 Å². The van der Waals surface area contributed by atoms with Gasteiger partial charge in [-0.2, -0.15) is 0 Å². The van der Waals surface area contributed by atoms with Crippen molar-refractivity contribution < 1.29 is 19.1 Å². The van der Waals surface area contributed by atoms with E-state index in [1.165, 1.54) is 0 Å². The molecule has 1 N–H and O–H groups in total. The van der Waals surface area contributed by atoms with E-state index in [9.17, 15) is 9.59 Å². The highest BCUT2D eigenvalue weighted by atomic mass is 79.9. The van der Waals surface area contributed by atoms with E-state index in [1.807, 2.05) is 18.2 Å². The predicted molar refractivity (Wildman–Crippen MR) is 102 cm³/mol. The number of hydrogen-bond donors (Lipinski definition) is 1. The van der Waals surface area contributed by atoms with E-state index in [0.29, 0.717) is 37.8 Å². The summed E-state index contributed by atoms with van der Waals surface area (Å²) in [6, 6.07) is 9.36. The summed E-state index contributed by atoms with van der Waals surface area (Å²) in [6.07, 6.45) is 0.217. The van der Waals surface area contributed by atoms with Crippen molar-refractivity contribution in [2.75, 3.05) is 24.7 Å². The van der Waals surface area contributed by atoms with Crippen LogP contribution in [0.5, 0.6) is 11.5 Å². The number of benzene rings is 1. The minimum Gasteiger partial charge on any atom is -0.486 e. The van der Waals surface area contributed by atoms with Crippen LogP contribution in [0.25, 0.3) is 0 Å². The zero-order valence-corrected chi connectivity index (χ0v) is 16.3. The molecule has 4 rings (SSSR count). The molecule has 2 amide bonds. The van der Waals surface area contributed by atoms with Crippen LogP contribution in [0, 0.1) is 5.92 Å². The van der Waals surface area contributed by atoms with Crippen LogP contribution in [-0.4, -0.2) is 31.6 Å². The third-order valence-corrected chi connectivity index (χ3v) is 6.02. The molecule has 1 unspecified atom stereocenters. The van der Waals surface area contributed by atoms with Gasteiger partial charge >= 0.3 is 0 Å². The fourth-order valence-electron chi connectivity index (χ4n) is 3.10. The number of nitrogens with one attached hydrogen (secondary N) is 1. The first-order valence-corrected chi connectivity index (χ1v) is 9.93. The lowest BCUT2D eigenvalue weighted by molar-refractivity contribution is -0.126. The van der Waals surface area contributed by atoms with Crippen LogP contribution in [-0.2, 0) is 16.1 Å². The highest BCUT2D eigenvalue weighted by Crippen LogP contribution is 2.36. The van der Waals surface area contributed by atoms with Crippen molar-refractivity contribution in [3.05, 3.63) is 39.0 Å². The third kappa shape index (κ3) is 3.57. The van der Waals surface area contributed by atoms with Crippen molar-refractivity contribution >= 4 is 44.8 Å². The van der Waals surface area contributed by atoms with E-state index < -0.39 is 0 Å². The molecule has 1 saturated heterocycles. The first kappa shape index (κ1) is 17.4. The molecule has 2 aromatic rings. The van der Waals surface area contributed by atoms with Gasteiger partial charge in [-0.3, -0.25) is 9.59 Å². The number of thiophene rings is 1. The van der Waals surface area contributed by atoms with Crippen molar-refractivity contribution in [3.8, 4) is 11.5 Å². The number of fused-ring (bicyclic) bond motifs is 1. The topological polar surface area (TPSA) is 67.9 Å². The van der Waals surface area contributed by atoms with Gasteiger partial charge < -0.3 is 19.7 Å². The number of halogens is 1. The van der Waals surface area contributed by atoms with Crippen LogP contribution in [0.1, 0.15) is 11.3 Å². The number of hydrogen-bond acceptors (Lipinski definition) is 5. The maximum Gasteiger partial charge on any atom is 0.227 e. The van der Waals surface area contributed by atoms with Gasteiger partial charge in [0.25, 0.3) is 0 Å². The van der Waals surface area contributed by atoms with E-state index in [-0.39, 0.29) is 24.2 Å². The van der Waals surface area contributed by atoms with Gasteiger partial charge in [-0.05, 0) is 40.2 Å². The number of carbonyl (C=O) groups excluding carboxylic acids is 2. The molecule has 0 aliphatic carbocycles. The Morgan fingerprint density at radius 1 is 1.23 bits per heavy atom. The molecule has 1 aromatic carbocycles. The van der Waals surface area contributed by atoms with Crippen molar-refractivity contribution in [2.24, 2.45) is 5.92 Å². The fourth-order valence-corrected chi connectivity index (χ4v) is 4.52. The second-order valence-electron chi connectivity index (χ2n) is 6.16. The molecule has 2 aliphatic rings. The van der Waals surface area contributed by atoms with Crippen molar-refractivity contribution in [2.45, 2.75) is 13.0 Å². The summed E-state index contributed by atoms with van der Waals surface area (Å²) in [4.78, 5) is 27.6. The maximum absolute atomic E-state index is 12.4. The van der Waals surface area contributed by atoms with Gasteiger partial charge in [-0.1, -0.05) is 0 Å². The largest absolute Gasteiger partial charge is 0.486 e. The van der Waals surface area contributed by atoms with Gasteiger partial charge in [-0.25, -0.2) is 0 Å². The summed E-state index contributed by atoms with van der Waals surface area (Å²) in [5, 5.41) is 2.92. The zero-order valence-electron chi connectivity index (χ0n) is 13.9. The smallest absolute Gasteiger partial charge is 0.227 e. The van der Waals surface area contributed by atoms with Gasteiger partial charge in [0.15, 0.2) is 11.5 Å². The second kappa shape index (κ2) is 7.28. The molecule has 136 valence electrons. The van der Waals surface area contributed by atoms with Gasteiger partial charge in [0.1, 0.15) is 13.2 Å². The fraction of sp³-hybridized carbons (Fsp3) is 0.333. The number of nitrogens with zero attached hydrogens (tertiary/aromatic N) is 1. The summed E-state index contributed by atoms with van der Waals surface area (Å²) >= 11 is 4.99. The van der Waals surface area contributed by atoms with E-state index in [1.54, 1.807) is 28.4 Å². The van der Waals surface area contributed by atoms with Crippen molar-refractivity contribution in [3.63, 3.8) is 0 Å². The Labute approximate surface area is 163 Å². The number of carbonyl (C=O) groups is 2. The Balaban J connectivity index is 1.41. The van der Waals surface area contributed by atoms with Crippen LogP contribution in [0.15, 0.2) is 34.1 Å². The lowest BCUT2D eigenvalue weighted by Crippen LogP contribution is -2.32.